The molecule has 3 N–H and O–H groups in total. The molecule has 3 amide bonds. The Hall–Kier alpha value is -3.20. The van der Waals surface area contributed by atoms with Crippen molar-refractivity contribution in [3.63, 3.8) is 0 Å². The zero-order valence-electron chi connectivity index (χ0n) is 24.3. The number of amides is 3. The number of hydrogen-bond acceptors (Lipinski definition) is 6. The second-order valence-corrected chi connectivity index (χ2v) is 11.7. The molecular weight excluding hydrogens is 514 g/mol. The standard InChI is InChI=1S/C30H43N3O5S/c1-9-21(4)33(28(36)24(16-17-39-8)32-29(37)38-30(5,6)7)26(22-14-15-25(34)20(3)18-22)27(35)31-23-13-11-10-12-19(23)2/h10-15,18,21,24,26,34H,9,16-17H2,1-8H3,(H,31,35)(H,32,37). The highest BCUT2D eigenvalue weighted by molar-refractivity contribution is 7.98. The van der Waals surface area contributed by atoms with Crippen molar-refractivity contribution in [3.8, 4) is 5.75 Å². The number of carbonyl (C=O) groups is 3. The van der Waals surface area contributed by atoms with Crippen molar-refractivity contribution in [3.05, 3.63) is 59.2 Å². The molecule has 0 aliphatic heterocycles. The molecule has 2 aromatic carbocycles. The average molecular weight is 558 g/mol. The molecule has 0 aromatic heterocycles. The Morgan fingerprint density at radius 2 is 1.74 bits per heavy atom. The third-order valence-electron chi connectivity index (χ3n) is 6.39. The van der Waals surface area contributed by atoms with Gasteiger partial charge in [-0.1, -0.05) is 31.2 Å². The number of hydrogen-bond donors (Lipinski definition) is 3. The molecule has 2 aromatic rings. The zero-order chi connectivity index (χ0) is 29.3. The third kappa shape index (κ3) is 9.20. The van der Waals surface area contributed by atoms with Crippen LogP contribution in [0.1, 0.15) is 70.2 Å². The Kier molecular flexibility index (Phi) is 11.7. The lowest BCUT2D eigenvalue weighted by molar-refractivity contribution is -0.143. The van der Waals surface area contributed by atoms with Gasteiger partial charge in [0.1, 0.15) is 23.4 Å². The van der Waals surface area contributed by atoms with Gasteiger partial charge >= 0.3 is 6.09 Å². The van der Waals surface area contributed by atoms with Crippen molar-refractivity contribution in [1.29, 1.82) is 0 Å². The van der Waals surface area contributed by atoms with Gasteiger partial charge in [0.15, 0.2) is 0 Å². The molecule has 0 spiro atoms. The van der Waals surface area contributed by atoms with Crippen LogP contribution in [-0.2, 0) is 14.3 Å². The number of aryl methyl sites for hydroxylation is 2. The highest BCUT2D eigenvalue weighted by atomic mass is 32.2. The van der Waals surface area contributed by atoms with E-state index in [1.54, 1.807) is 56.5 Å². The van der Waals surface area contributed by atoms with E-state index >= 15 is 0 Å². The molecule has 214 valence electrons. The molecule has 0 bridgehead atoms. The van der Waals surface area contributed by atoms with Crippen LogP contribution in [0.25, 0.3) is 0 Å². The molecule has 3 atom stereocenters. The van der Waals surface area contributed by atoms with Crippen LogP contribution in [0.4, 0.5) is 10.5 Å². The van der Waals surface area contributed by atoms with Crippen LogP contribution >= 0.6 is 11.8 Å². The summed E-state index contributed by atoms with van der Waals surface area (Å²) in [4.78, 5) is 42.5. The minimum absolute atomic E-state index is 0.0997. The fourth-order valence-corrected chi connectivity index (χ4v) is 4.59. The van der Waals surface area contributed by atoms with Crippen LogP contribution in [0.5, 0.6) is 5.75 Å². The minimum Gasteiger partial charge on any atom is -0.508 e. The average Bonchev–Trinajstić information content (AvgIpc) is 2.86. The lowest BCUT2D eigenvalue weighted by Crippen LogP contribution is -2.55. The molecule has 0 radical (unpaired) electrons. The van der Waals surface area contributed by atoms with Gasteiger partial charge in [-0.05, 0) is 101 Å². The SMILES string of the molecule is CCC(C)N(C(=O)C(CCSC)NC(=O)OC(C)(C)C)C(C(=O)Nc1ccccc1C)c1ccc(O)c(C)c1. The monoisotopic (exact) mass is 557 g/mol. The first-order chi connectivity index (χ1) is 18.3. The highest BCUT2D eigenvalue weighted by Gasteiger charge is 2.38. The van der Waals surface area contributed by atoms with E-state index in [-0.39, 0.29) is 23.6 Å². The van der Waals surface area contributed by atoms with Crippen LogP contribution in [0.2, 0.25) is 0 Å². The van der Waals surface area contributed by atoms with Gasteiger partial charge < -0.3 is 25.4 Å². The molecule has 3 unspecified atom stereocenters. The van der Waals surface area contributed by atoms with Gasteiger partial charge in [0.25, 0.3) is 5.91 Å². The molecule has 2 rings (SSSR count). The quantitative estimate of drug-likeness (QED) is 0.315. The summed E-state index contributed by atoms with van der Waals surface area (Å²) in [6.07, 6.45) is 2.19. The molecule has 8 nitrogen and oxygen atoms in total. The normalized spacial score (nSPS) is 13.6. The number of phenols is 1. The number of para-hydroxylation sites is 1. The Morgan fingerprint density at radius 1 is 1.08 bits per heavy atom. The number of ether oxygens (including phenoxy) is 1. The number of nitrogens with zero attached hydrogens (tertiary/aromatic N) is 1. The van der Waals surface area contributed by atoms with Crippen molar-refractivity contribution in [2.75, 3.05) is 17.3 Å². The summed E-state index contributed by atoms with van der Waals surface area (Å²) in [5.74, 6) is -0.0367. The summed E-state index contributed by atoms with van der Waals surface area (Å²) in [6.45, 7) is 12.8. The number of thioether (sulfide) groups is 1. The van der Waals surface area contributed by atoms with E-state index in [9.17, 15) is 19.5 Å². The van der Waals surface area contributed by atoms with Crippen molar-refractivity contribution >= 4 is 35.4 Å². The number of nitrogens with one attached hydrogen (secondary N) is 2. The molecule has 0 fully saturated rings. The lowest BCUT2D eigenvalue weighted by Gasteiger charge is -2.38. The molecule has 0 aliphatic carbocycles. The molecular formula is C30H43N3O5S. The van der Waals surface area contributed by atoms with Crippen LogP contribution in [0, 0.1) is 13.8 Å². The molecule has 0 aliphatic rings. The van der Waals surface area contributed by atoms with E-state index in [1.807, 2.05) is 51.3 Å². The van der Waals surface area contributed by atoms with Crippen LogP contribution in [-0.4, -0.2) is 57.6 Å². The first-order valence-electron chi connectivity index (χ1n) is 13.3. The number of anilines is 1. The van der Waals surface area contributed by atoms with Crippen molar-refractivity contribution in [2.24, 2.45) is 0 Å². The lowest BCUT2D eigenvalue weighted by atomic mass is 9.97. The van der Waals surface area contributed by atoms with E-state index < -0.39 is 23.8 Å². The summed E-state index contributed by atoms with van der Waals surface area (Å²) in [5.41, 5.74) is 1.95. The van der Waals surface area contributed by atoms with Gasteiger partial charge in [0.05, 0.1) is 0 Å². The predicted molar refractivity (Wildman–Crippen MR) is 158 cm³/mol. The van der Waals surface area contributed by atoms with E-state index in [4.69, 9.17) is 4.74 Å². The zero-order valence-corrected chi connectivity index (χ0v) is 25.1. The van der Waals surface area contributed by atoms with Crippen LogP contribution in [0.15, 0.2) is 42.5 Å². The van der Waals surface area contributed by atoms with Crippen LogP contribution in [0.3, 0.4) is 0 Å². The first-order valence-corrected chi connectivity index (χ1v) is 14.6. The second kappa shape index (κ2) is 14.3. The maximum absolute atomic E-state index is 14.3. The minimum atomic E-state index is -1.01. The van der Waals surface area contributed by atoms with E-state index in [0.29, 0.717) is 35.4 Å². The highest BCUT2D eigenvalue weighted by Crippen LogP contribution is 2.31. The number of benzene rings is 2. The largest absolute Gasteiger partial charge is 0.508 e. The van der Waals surface area contributed by atoms with E-state index in [1.165, 1.54) is 6.07 Å². The van der Waals surface area contributed by atoms with Gasteiger partial charge in [0, 0.05) is 11.7 Å². The predicted octanol–water partition coefficient (Wildman–Crippen LogP) is 5.96. The molecule has 39 heavy (non-hydrogen) atoms. The van der Waals surface area contributed by atoms with Crippen molar-refractivity contribution < 1.29 is 24.2 Å². The summed E-state index contributed by atoms with van der Waals surface area (Å²) in [7, 11) is 0. The number of rotatable bonds is 11. The fraction of sp³-hybridized carbons (Fsp3) is 0.500. The van der Waals surface area contributed by atoms with Crippen molar-refractivity contribution in [1.82, 2.24) is 10.2 Å². The number of aromatic hydroxyl groups is 1. The van der Waals surface area contributed by atoms with Crippen molar-refractivity contribution in [2.45, 2.75) is 85.0 Å². The van der Waals surface area contributed by atoms with E-state index in [2.05, 4.69) is 10.6 Å². The maximum Gasteiger partial charge on any atom is 0.408 e. The Morgan fingerprint density at radius 3 is 2.31 bits per heavy atom. The van der Waals surface area contributed by atoms with Gasteiger partial charge in [-0.2, -0.15) is 11.8 Å². The number of carbonyl (C=O) groups excluding carboxylic acids is 3. The van der Waals surface area contributed by atoms with Crippen LogP contribution < -0.4 is 10.6 Å². The summed E-state index contributed by atoms with van der Waals surface area (Å²) >= 11 is 1.56. The third-order valence-corrected chi connectivity index (χ3v) is 7.03. The maximum atomic E-state index is 14.3. The summed E-state index contributed by atoms with van der Waals surface area (Å²) < 4.78 is 5.44. The van der Waals surface area contributed by atoms with Gasteiger partial charge in [-0.25, -0.2) is 4.79 Å². The number of alkyl carbamates (subject to hydrolysis) is 1. The molecule has 0 heterocycles. The Labute approximate surface area is 236 Å². The summed E-state index contributed by atoms with van der Waals surface area (Å²) in [6, 6.07) is 10.1. The second-order valence-electron chi connectivity index (χ2n) is 10.7. The molecule has 9 heteroatoms. The topological polar surface area (TPSA) is 108 Å². The van der Waals surface area contributed by atoms with Gasteiger partial charge in [-0.3, -0.25) is 9.59 Å². The van der Waals surface area contributed by atoms with Gasteiger partial charge in [-0.15, -0.1) is 0 Å². The Bertz CT molecular complexity index is 1150. The summed E-state index contributed by atoms with van der Waals surface area (Å²) in [5, 5.41) is 15.9. The molecule has 0 saturated carbocycles. The smallest absolute Gasteiger partial charge is 0.408 e. The Balaban J connectivity index is 2.59. The number of phenolic OH excluding ortho intramolecular Hbond substituents is 1. The molecule has 0 saturated heterocycles. The van der Waals surface area contributed by atoms with E-state index in [0.717, 1.165) is 5.56 Å². The fourth-order valence-electron chi connectivity index (χ4n) is 4.12. The van der Waals surface area contributed by atoms with Gasteiger partial charge in [0.2, 0.25) is 5.91 Å². The first kappa shape index (κ1) is 32.0.